The number of halogens is 1. The van der Waals surface area contributed by atoms with Gasteiger partial charge in [-0.1, -0.05) is 0 Å². The zero-order valence-electron chi connectivity index (χ0n) is 10.4. The van der Waals surface area contributed by atoms with Gasteiger partial charge in [0, 0.05) is 4.88 Å². The molecule has 1 heterocycles. The molecule has 0 spiro atoms. The lowest BCUT2D eigenvalue weighted by atomic mass is 10.4. The van der Waals surface area contributed by atoms with Crippen molar-refractivity contribution in [3.8, 4) is 0 Å². The minimum atomic E-state index is -3.39. The van der Waals surface area contributed by atoms with Crippen LogP contribution >= 0.6 is 27.3 Å². The van der Waals surface area contributed by atoms with Gasteiger partial charge >= 0.3 is 0 Å². The van der Waals surface area contributed by atoms with E-state index in [1.807, 2.05) is 12.1 Å². The number of sulfone groups is 1. The maximum Gasteiger partial charge on any atom is 0.238 e. The molecule has 0 saturated heterocycles. The second kappa shape index (κ2) is 6.16. The predicted molar refractivity (Wildman–Crippen MR) is 77.4 cm³/mol. The molecule has 1 N–H and O–H groups in total. The number of carbonyl (C=O) groups excluding carboxylic acids is 1. The van der Waals surface area contributed by atoms with Crippen LogP contribution in [-0.2, 0) is 21.2 Å². The van der Waals surface area contributed by atoms with Gasteiger partial charge in [0.15, 0.2) is 9.84 Å². The molecule has 7 heteroatoms. The molecule has 0 aliphatic carbocycles. The number of amides is 1. The first-order chi connectivity index (χ1) is 8.25. The number of hydrogen-bond donors (Lipinski definition) is 1. The summed E-state index contributed by atoms with van der Waals surface area (Å²) in [6.07, 6.45) is 0. The molecule has 1 amide bonds. The number of nitrogens with one attached hydrogen (secondary N) is 1. The largest absolute Gasteiger partial charge is 0.350 e. The molecule has 0 radical (unpaired) electrons. The van der Waals surface area contributed by atoms with Gasteiger partial charge in [-0.15, -0.1) is 11.3 Å². The van der Waals surface area contributed by atoms with Gasteiger partial charge in [0.05, 0.1) is 15.6 Å². The lowest BCUT2D eigenvalue weighted by Crippen LogP contribution is -2.40. The van der Waals surface area contributed by atoms with Gasteiger partial charge in [0.25, 0.3) is 0 Å². The fourth-order valence-electron chi connectivity index (χ4n) is 1.32. The highest BCUT2D eigenvalue weighted by Gasteiger charge is 2.30. The Morgan fingerprint density at radius 2 is 2.00 bits per heavy atom. The van der Waals surface area contributed by atoms with E-state index in [1.54, 1.807) is 13.8 Å². The monoisotopic (exact) mass is 353 g/mol. The summed E-state index contributed by atoms with van der Waals surface area (Å²) >= 11 is 4.84. The number of hydrogen-bond acceptors (Lipinski definition) is 4. The molecule has 4 nitrogen and oxygen atoms in total. The van der Waals surface area contributed by atoms with E-state index in [1.165, 1.54) is 18.3 Å². The van der Waals surface area contributed by atoms with Crippen molar-refractivity contribution < 1.29 is 13.2 Å². The van der Waals surface area contributed by atoms with E-state index in [0.29, 0.717) is 6.54 Å². The Labute approximate surface area is 120 Å². The summed E-state index contributed by atoms with van der Waals surface area (Å²) in [5, 5.41) is 1.08. The molecule has 1 aromatic rings. The van der Waals surface area contributed by atoms with Crippen molar-refractivity contribution in [2.75, 3.05) is 0 Å². The molecule has 18 heavy (non-hydrogen) atoms. The first kappa shape index (κ1) is 15.7. The Bertz CT molecular complexity index is 522. The van der Waals surface area contributed by atoms with Gasteiger partial charge in [0.2, 0.25) is 5.91 Å². The summed E-state index contributed by atoms with van der Waals surface area (Å²) in [5.74, 6) is -0.451. The van der Waals surface area contributed by atoms with Crippen molar-refractivity contribution in [3.63, 3.8) is 0 Å². The van der Waals surface area contributed by atoms with Gasteiger partial charge in [-0.2, -0.15) is 0 Å². The molecule has 1 rings (SSSR count). The molecule has 1 unspecified atom stereocenters. The average Bonchev–Trinajstić information content (AvgIpc) is 2.70. The summed E-state index contributed by atoms with van der Waals surface area (Å²) in [4.78, 5) is 12.8. The third-order valence-electron chi connectivity index (χ3n) is 2.58. The molecule has 0 bridgehead atoms. The highest BCUT2D eigenvalue weighted by molar-refractivity contribution is 9.11. The van der Waals surface area contributed by atoms with E-state index in [2.05, 4.69) is 21.2 Å². The fraction of sp³-hybridized carbons (Fsp3) is 0.545. The molecule has 1 atom stereocenters. The van der Waals surface area contributed by atoms with Crippen LogP contribution in [0.1, 0.15) is 25.6 Å². The number of rotatable bonds is 5. The van der Waals surface area contributed by atoms with Gasteiger partial charge in [0.1, 0.15) is 5.25 Å². The van der Waals surface area contributed by atoms with E-state index in [-0.39, 0.29) is 0 Å². The zero-order chi connectivity index (χ0) is 13.9. The summed E-state index contributed by atoms with van der Waals surface area (Å²) in [6.45, 7) is 4.94. The summed E-state index contributed by atoms with van der Waals surface area (Å²) in [5.41, 5.74) is 0. The van der Waals surface area contributed by atoms with Crippen molar-refractivity contribution in [1.29, 1.82) is 0 Å². The van der Waals surface area contributed by atoms with Gasteiger partial charge in [-0.3, -0.25) is 4.79 Å². The molecular weight excluding hydrogens is 338 g/mol. The minimum Gasteiger partial charge on any atom is -0.350 e. The molecule has 0 aromatic carbocycles. The molecular formula is C11H16BrNO3S2. The highest BCUT2D eigenvalue weighted by atomic mass is 79.9. The van der Waals surface area contributed by atoms with Crippen LogP contribution in [0.3, 0.4) is 0 Å². The van der Waals surface area contributed by atoms with E-state index in [4.69, 9.17) is 0 Å². The molecule has 0 saturated carbocycles. The Kier molecular flexibility index (Phi) is 5.36. The second-order valence-electron chi connectivity index (χ2n) is 4.20. The number of carbonyl (C=O) groups is 1. The normalized spacial score (nSPS) is 13.6. The van der Waals surface area contributed by atoms with Crippen LogP contribution in [0.2, 0.25) is 0 Å². The quantitative estimate of drug-likeness (QED) is 0.883. The minimum absolute atomic E-state index is 0.354. The van der Waals surface area contributed by atoms with Crippen molar-refractivity contribution in [3.05, 3.63) is 20.8 Å². The lowest BCUT2D eigenvalue weighted by molar-refractivity contribution is -0.120. The van der Waals surface area contributed by atoms with Crippen molar-refractivity contribution in [1.82, 2.24) is 5.32 Å². The van der Waals surface area contributed by atoms with E-state index in [0.717, 1.165) is 8.66 Å². The van der Waals surface area contributed by atoms with Crippen LogP contribution in [0.25, 0.3) is 0 Å². The first-order valence-corrected chi connectivity index (χ1v) is 8.71. The standard InChI is InChI=1S/C11H16BrNO3S2/c1-7(2)18(15,16)8(3)11(14)13-6-9-4-5-10(12)17-9/h4-5,7-8H,6H2,1-3H3,(H,13,14). The molecule has 0 aliphatic heterocycles. The fourth-order valence-corrected chi connectivity index (χ4v) is 3.94. The van der Waals surface area contributed by atoms with Crippen LogP contribution in [0, 0.1) is 0 Å². The topological polar surface area (TPSA) is 63.2 Å². The average molecular weight is 354 g/mol. The van der Waals surface area contributed by atoms with E-state index >= 15 is 0 Å². The van der Waals surface area contributed by atoms with E-state index in [9.17, 15) is 13.2 Å². The lowest BCUT2D eigenvalue weighted by Gasteiger charge is -2.15. The highest BCUT2D eigenvalue weighted by Crippen LogP contribution is 2.21. The van der Waals surface area contributed by atoms with Crippen LogP contribution in [0.4, 0.5) is 0 Å². The molecule has 102 valence electrons. The maximum atomic E-state index is 11.8. The predicted octanol–water partition coefficient (Wildman–Crippen LogP) is 2.34. The van der Waals surface area contributed by atoms with Crippen LogP contribution in [0.15, 0.2) is 15.9 Å². The summed E-state index contributed by atoms with van der Waals surface area (Å²) in [7, 11) is -3.39. The molecule has 1 aromatic heterocycles. The van der Waals surface area contributed by atoms with Gasteiger partial charge < -0.3 is 5.32 Å². The van der Waals surface area contributed by atoms with Crippen LogP contribution < -0.4 is 5.32 Å². The van der Waals surface area contributed by atoms with Crippen LogP contribution in [0.5, 0.6) is 0 Å². The first-order valence-electron chi connectivity index (χ1n) is 5.49. The van der Waals surface area contributed by atoms with Crippen molar-refractivity contribution in [2.45, 2.75) is 37.8 Å². The Morgan fingerprint density at radius 3 is 2.44 bits per heavy atom. The maximum absolute atomic E-state index is 11.8. The summed E-state index contributed by atoms with van der Waals surface area (Å²) < 4.78 is 24.6. The van der Waals surface area contributed by atoms with Crippen molar-refractivity contribution in [2.24, 2.45) is 0 Å². The Morgan fingerprint density at radius 1 is 1.39 bits per heavy atom. The van der Waals surface area contributed by atoms with Gasteiger partial charge in [-0.25, -0.2) is 8.42 Å². The SMILES string of the molecule is CC(C)S(=O)(=O)C(C)C(=O)NCc1ccc(Br)s1. The second-order valence-corrected chi connectivity index (χ2v) is 9.58. The number of thiophene rings is 1. The van der Waals surface area contributed by atoms with Crippen LogP contribution in [-0.4, -0.2) is 24.8 Å². The smallest absolute Gasteiger partial charge is 0.238 e. The molecule has 0 fully saturated rings. The Balaban J connectivity index is 2.61. The third kappa shape index (κ3) is 3.80. The third-order valence-corrected chi connectivity index (χ3v) is 6.72. The molecule has 0 aliphatic rings. The van der Waals surface area contributed by atoms with E-state index < -0.39 is 26.2 Å². The zero-order valence-corrected chi connectivity index (χ0v) is 13.7. The summed E-state index contributed by atoms with van der Waals surface area (Å²) in [6, 6.07) is 3.77. The Hall–Kier alpha value is -0.400. The van der Waals surface area contributed by atoms with Crippen molar-refractivity contribution >= 4 is 43.0 Å². The van der Waals surface area contributed by atoms with Gasteiger partial charge in [-0.05, 0) is 48.8 Å².